The molecule has 0 aromatic heterocycles. The van der Waals surface area contributed by atoms with E-state index in [0.717, 1.165) is 32.2 Å². The van der Waals surface area contributed by atoms with Gasteiger partial charge in [0.25, 0.3) is 0 Å². The van der Waals surface area contributed by atoms with Crippen molar-refractivity contribution >= 4 is 5.69 Å². The Morgan fingerprint density at radius 1 is 1.47 bits per heavy atom. The van der Waals surface area contributed by atoms with Crippen LogP contribution < -0.4 is 4.90 Å². The molecule has 1 aromatic rings. The molecule has 0 bridgehead atoms. The summed E-state index contributed by atoms with van der Waals surface area (Å²) in [4.78, 5) is 2.06. The third-order valence-corrected chi connectivity index (χ3v) is 3.83. The number of hydrogen-bond acceptors (Lipinski definition) is 3. The van der Waals surface area contributed by atoms with Crippen molar-refractivity contribution in [3.63, 3.8) is 0 Å². The van der Waals surface area contributed by atoms with Crippen molar-refractivity contribution in [1.29, 1.82) is 0 Å². The molecule has 106 valence electrons. The first kappa shape index (κ1) is 14.3. The normalized spacial score (nSPS) is 20.8. The third kappa shape index (κ3) is 3.07. The Bertz CT molecular complexity index is 423. The first-order chi connectivity index (χ1) is 9.15. The van der Waals surface area contributed by atoms with Gasteiger partial charge in [0.1, 0.15) is 5.82 Å². The average molecular weight is 267 g/mol. The lowest BCUT2D eigenvalue weighted by molar-refractivity contribution is 0.199. The lowest BCUT2D eigenvalue weighted by Crippen LogP contribution is -2.31. The maximum atomic E-state index is 14.2. The summed E-state index contributed by atoms with van der Waals surface area (Å²) in [5, 5.41) is 18.8. The highest BCUT2D eigenvalue weighted by Crippen LogP contribution is 2.35. The maximum Gasteiger partial charge on any atom is 0.146 e. The van der Waals surface area contributed by atoms with E-state index in [2.05, 4.69) is 4.90 Å². The number of anilines is 1. The van der Waals surface area contributed by atoms with Gasteiger partial charge in [0.15, 0.2) is 0 Å². The van der Waals surface area contributed by atoms with Crippen molar-refractivity contribution in [2.24, 2.45) is 0 Å². The smallest absolute Gasteiger partial charge is 0.146 e. The Balaban J connectivity index is 2.29. The fraction of sp³-hybridized carbons (Fsp3) is 0.600. The lowest BCUT2D eigenvalue weighted by Gasteiger charge is -2.30. The van der Waals surface area contributed by atoms with Gasteiger partial charge >= 0.3 is 0 Å². The minimum atomic E-state index is -0.676. The second-order valence-electron chi connectivity index (χ2n) is 5.21. The van der Waals surface area contributed by atoms with Gasteiger partial charge in [-0.25, -0.2) is 4.39 Å². The third-order valence-electron chi connectivity index (χ3n) is 3.83. The SMILES string of the molecule is C[C@H](O)c1cccc(F)c1N1CCCC1CCCO. The van der Waals surface area contributed by atoms with Crippen LogP contribution in [0.3, 0.4) is 0 Å². The van der Waals surface area contributed by atoms with Crippen molar-refractivity contribution in [3.8, 4) is 0 Å². The average Bonchev–Trinajstić information content (AvgIpc) is 2.83. The van der Waals surface area contributed by atoms with Gasteiger partial charge in [-0.05, 0) is 38.7 Å². The van der Waals surface area contributed by atoms with E-state index in [1.54, 1.807) is 19.1 Å². The molecule has 2 N–H and O–H groups in total. The van der Waals surface area contributed by atoms with Crippen LogP contribution in [-0.2, 0) is 0 Å². The fourth-order valence-electron chi connectivity index (χ4n) is 2.93. The fourth-order valence-corrected chi connectivity index (χ4v) is 2.93. The van der Waals surface area contributed by atoms with E-state index >= 15 is 0 Å². The van der Waals surface area contributed by atoms with Crippen LogP contribution in [0.4, 0.5) is 10.1 Å². The molecule has 1 fully saturated rings. The summed E-state index contributed by atoms with van der Waals surface area (Å²) in [7, 11) is 0. The van der Waals surface area contributed by atoms with Gasteiger partial charge in [-0.3, -0.25) is 0 Å². The highest BCUT2D eigenvalue weighted by molar-refractivity contribution is 5.57. The van der Waals surface area contributed by atoms with Crippen LogP contribution in [0.2, 0.25) is 0 Å². The summed E-state index contributed by atoms with van der Waals surface area (Å²) in [5.41, 5.74) is 1.19. The van der Waals surface area contributed by atoms with Crippen molar-refractivity contribution in [3.05, 3.63) is 29.6 Å². The Kier molecular flexibility index (Phi) is 4.77. The number of nitrogens with zero attached hydrogens (tertiary/aromatic N) is 1. The zero-order valence-electron chi connectivity index (χ0n) is 11.3. The Labute approximate surface area is 113 Å². The molecule has 1 unspecified atom stereocenters. The van der Waals surface area contributed by atoms with Crippen LogP contribution in [0.15, 0.2) is 18.2 Å². The molecule has 0 spiro atoms. The first-order valence-corrected chi connectivity index (χ1v) is 6.99. The molecule has 4 heteroatoms. The molecule has 1 aliphatic rings. The van der Waals surface area contributed by atoms with E-state index in [0.29, 0.717) is 11.3 Å². The van der Waals surface area contributed by atoms with Crippen molar-refractivity contribution in [1.82, 2.24) is 0 Å². The van der Waals surface area contributed by atoms with Gasteiger partial charge < -0.3 is 15.1 Å². The summed E-state index contributed by atoms with van der Waals surface area (Å²) in [5.74, 6) is -0.269. The molecule has 1 saturated heterocycles. The second kappa shape index (κ2) is 6.35. The van der Waals surface area contributed by atoms with Crippen molar-refractivity contribution in [2.45, 2.75) is 44.8 Å². The Morgan fingerprint density at radius 2 is 2.26 bits per heavy atom. The standard InChI is InChI=1S/C15H22FNO2/c1-11(19)13-7-2-8-14(16)15(13)17-9-3-5-12(17)6-4-10-18/h2,7-8,11-12,18-19H,3-6,9-10H2,1H3/t11-,12?/m0/s1. The van der Waals surface area contributed by atoms with Crippen LogP contribution in [0.5, 0.6) is 0 Å². The van der Waals surface area contributed by atoms with Crippen LogP contribution in [0.25, 0.3) is 0 Å². The summed E-state index contributed by atoms with van der Waals surface area (Å²) < 4.78 is 14.2. The molecular formula is C15H22FNO2. The maximum absolute atomic E-state index is 14.2. The summed E-state index contributed by atoms with van der Waals surface area (Å²) in [6, 6.07) is 5.13. The topological polar surface area (TPSA) is 43.7 Å². The molecule has 2 atom stereocenters. The molecule has 0 amide bonds. The van der Waals surface area contributed by atoms with E-state index < -0.39 is 6.10 Å². The van der Waals surface area contributed by atoms with Crippen LogP contribution in [-0.4, -0.2) is 29.4 Å². The zero-order chi connectivity index (χ0) is 13.8. The Morgan fingerprint density at radius 3 is 2.95 bits per heavy atom. The molecule has 0 radical (unpaired) electrons. The highest BCUT2D eigenvalue weighted by atomic mass is 19.1. The van der Waals surface area contributed by atoms with Crippen molar-refractivity contribution < 1.29 is 14.6 Å². The van der Waals surface area contributed by atoms with Crippen LogP contribution in [0.1, 0.15) is 44.3 Å². The lowest BCUT2D eigenvalue weighted by atomic mass is 10.0. The minimum Gasteiger partial charge on any atom is -0.396 e. The van der Waals surface area contributed by atoms with E-state index in [-0.39, 0.29) is 18.5 Å². The molecule has 0 saturated carbocycles. The number of halogens is 1. The molecule has 1 heterocycles. The van der Waals surface area contributed by atoms with Gasteiger partial charge in [-0.15, -0.1) is 0 Å². The summed E-state index contributed by atoms with van der Waals surface area (Å²) >= 11 is 0. The Hall–Kier alpha value is -1.13. The van der Waals surface area contributed by atoms with E-state index in [1.807, 2.05) is 0 Å². The predicted molar refractivity (Wildman–Crippen MR) is 73.7 cm³/mol. The number of para-hydroxylation sites is 1. The molecule has 2 rings (SSSR count). The van der Waals surface area contributed by atoms with Crippen molar-refractivity contribution in [2.75, 3.05) is 18.1 Å². The van der Waals surface area contributed by atoms with Crippen LogP contribution in [0, 0.1) is 5.82 Å². The molecule has 0 aliphatic carbocycles. The zero-order valence-corrected chi connectivity index (χ0v) is 11.3. The molecule has 19 heavy (non-hydrogen) atoms. The van der Waals surface area contributed by atoms with Crippen LogP contribution >= 0.6 is 0 Å². The largest absolute Gasteiger partial charge is 0.396 e. The summed E-state index contributed by atoms with van der Waals surface area (Å²) in [6.45, 7) is 2.65. The minimum absolute atomic E-state index is 0.171. The van der Waals surface area contributed by atoms with Gasteiger partial charge in [0, 0.05) is 24.8 Å². The second-order valence-corrected chi connectivity index (χ2v) is 5.21. The van der Waals surface area contributed by atoms with Gasteiger partial charge in [0.2, 0.25) is 0 Å². The van der Waals surface area contributed by atoms with Gasteiger partial charge in [0.05, 0.1) is 11.8 Å². The highest BCUT2D eigenvalue weighted by Gasteiger charge is 2.28. The van der Waals surface area contributed by atoms with Gasteiger partial charge in [-0.1, -0.05) is 12.1 Å². The quantitative estimate of drug-likeness (QED) is 0.862. The number of hydrogen-bond donors (Lipinski definition) is 2. The number of rotatable bonds is 5. The first-order valence-electron chi connectivity index (χ1n) is 6.99. The molecule has 3 nitrogen and oxygen atoms in total. The summed E-state index contributed by atoms with van der Waals surface area (Å²) in [6.07, 6.45) is 2.98. The molecule has 1 aromatic carbocycles. The van der Waals surface area contributed by atoms with E-state index in [9.17, 15) is 9.50 Å². The molecule has 1 aliphatic heterocycles. The van der Waals surface area contributed by atoms with Gasteiger partial charge in [-0.2, -0.15) is 0 Å². The monoisotopic (exact) mass is 267 g/mol. The number of benzene rings is 1. The molecular weight excluding hydrogens is 245 g/mol. The number of aliphatic hydroxyl groups excluding tert-OH is 2. The van der Waals surface area contributed by atoms with E-state index in [1.165, 1.54) is 6.07 Å². The predicted octanol–water partition coefficient (Wildman–Crippen LogP) is 2.62. The van der Waals surface area contributed by atoms with E-state index in [4.69, 9.17) is 5.11 Å². The number of aliphatic hydroxyl groups is 2.